The molecular weight excluding hydrogens is 334 g/mol. The third-order valence-electron chi connectivity index (χ3n) is 3.44. The number of aromatic nitrogens is 1. The Morgan fingerprint density at radius 3 is 2.80 bits per heavy atom. The predicted molar refractivity (Wildman–Crippen MR) is 99.2 cm³/mol. The van der Waals surface area contributed by atoms with E-state index >= 15 is 0 Å². The van der Waals surface area contributed by atoms with Gasteiger partial charge in [0.25, 0.3) is 0 Å². The molecule has 0 saturated carbocycles. The lowest BCUT2D eigenvalue weighted by molar-refractivity contribution is 0.0527. The topological polar surface area (TPSA) is 75.0 Å². The summed E-state index contributed by atoms with van der Waals surface area (Å²) in [5, 5.41) is 13.1. The Morgan fingerprint density at radius 2 is 2.04 bits per heavy atom. The Kier molecular flexibility index (Phi) is 5.07. The second-order valence-electron chi connectivity index (χ2n) is 5.07. The molecule has 2 aromatic carbocycles. The number of nitrogens with one attached hydrogen (secondary N) is 1. The van der Waals surface area contributed by atoms with Gasteiger partial charge in [-0.3, -0.25) is 0 Å². The fourth-order valence-electron chi connectivity index (χ4n) is 2.27. The monoisotopic (exact) mass is 349 g/mol. The van der Waals surface area contributed by atoms with Gasteiger partial charge in [0.1, 0.15) is 16.6 Å². The van der Waals surface area contributed by atoms with Crippen LogP contribution in [-0.4, -0.2) is 17.6 Å². The molecule has 0 saturated heterocycles. The van der Waals surface area contributed by atoms with E-state index in [9.17, 15) is 10.1 Å². The zero-order valence-electron chi connectivity index (χ0n) is 13.5. The molecule has 6 heteroatoms. The summed E-state index contributed by atoms with van der Waals surface area (Å²) in [5.41, 5.74) is 2.26. The minimum absolute atomic E-state index is 0.304. The molecule has 0 spiro atoms. The molecule has 1 N–H and O–H groups in total. The van der Waals surface area contributed by atoms with Crippen LogP contribution < -0.4 is 5.32 Å². The third-order valence-corrected chi connectivity index (χ3v) is 4.51. The van der Waals surface area contributed by atoms with E-state index < -0.39 is 5.97 Å². The molecule has 3 rings (SSSR count). The Morgan fingerprint density at radius 1 is 1.28 bits per heavy atom. The van der Waals surface area contributed by atoms with Gasteiger partial charge in [-0.05, 0) is 31.2 Å². The van der Waals surface area contributed by atoms with Crippen molar-refractivity contribution in [2.24, 2.45) is 0 Å². The molecule has 0 atom stereocenters. The van der Waals surface area contributed by atoms with E-state index in [0.717, 1.165) is 10.2 Å². The van der Waals surface area contributed by atoms with Crippen LogP contribution >= 0.6 is 11.3 Å². The second-order valence-corrected chi connectivity index (χ2v) is 6.10. The number of benzene rings is 2. The normalized spacial score (nSPS) is 11.1. The number of thiazole rings is 1. The Balaban J connectivity index is 1.90. The number of fused-ring (bicyclic) bond motifs is 1. The summed E-state index contributed by atoms with van der Waals surface area (Å²) < 4.78 is 6.07. The molecule has 0 radical (unpaired) electrons. The van der Waals surface area contributed by atoms with Crippen molar-refractivity contribution in [3.63, 3.8) is 0 Å². The summed E-state index contributed by atoms with van der Waals surface area (Å²) in [6.07, 6.45) is 1.57. The van der Waals surface area contributed by atoms with Crippen LogP contribution in [0, 0.1) is 11.3 Å². The highest BCUT2D eigenvalue weighted by Crippen LogP contribution is 2.27. The summed E-state index contributed by atoms with van der Waals surface area (Å²) in [6, 6.07) is 16.9. The minimum atomic E-state index is -0.405. The van der Waals surface area contributed by atoms with Gasteiger partial charge in [0.05, 0.1) is 28.1 Å². The van der Waals surface area contributed by atoms with Gasteiger partial charge in [0.2, 0.25) is 0 Å². The van der Waals surface area contributed by atoms with Crippen LogP contribution in [-0.2, 0) is 4.74 Å². The van der Waals surface area contributed by atoms with Crippen molar-refractivity contribution in [2.75, 3.05) is 11.9 Å². The van der Waals surface area contributed by atoms with E-state index in [2.05, 4.69) is 16.4 Å². The first-order valence-electron chi connectivity index (χ1n) is 7.72. The van der Waals surface area contributed by atoms with Crippen LogP contribution in [0.2, 0.25) is 0 Å². The highest BCUT2D eigenvalue weighted by Gasteiger charge is 2.12. The molecule has 124 valence electrons. The van der Waals surface area contributed by atoms with E-state index in [1.165, 1.54) is 11.3 Å². The van der Waals surface area contributed by atoms with E-state index in [0.29, 0.717) is 28.4 Å². The maximum absolute atomic E-state index is 12.0. The van der Waals surface area contributed by atoms with Crippen molar-refractivity contribution >= 4 is 38.8 Å². The fourth-order valence-corrected chi connectivity index (χ4v) is 3.21. The maximum Gasteiger partial charge on any atom is 0.340 e. The molecule has 0 fully saturated rings. The molecule has 1 aromatic heterocycles. The van der Waals surface area contributed by atoms with Crippen LogP contribution in [0.5, 0.6) is 0 Å². The molecule has 0 aliphatic carbocycles. The van der Waals surface area contributed by atoms with Crippen molar-refractivity contribution in [1.82, 2.24) is 4.98 Å². The number of nitriles is 1. The number of esters is 1. The maximum atomic E-state index is 12.0. The molecule has 0 unspecified atom stereocenters. The second kappa shape index (κ2) is 7.60. The predicted octanol–water partition coefficient (Wildman–Crippen LogP) is 4.45. The molecule has 0 aliphatic heterocycles. The molecular formula is C19H15N3O2S. The lowest BCUT2D eigenvalue weighted by Gasteiger charge is -2.08. The van der Waals surface area contributed by atoms with Crippen LogP contribution in [0.1, 0.15) is 22.3 Å². The third kappa shape index (κ3) is 3.67. The number of hydrogen-bond donors (Lipinski definition) is 1. The van der Waals surface area contributed by atoms with Gasteiger partial charge in [-0.1, -0.05) is 24.3 Å². The average molecular weight is 349 g/mol. The first-order chi connectivity index (χ1) is 12.2. The number of ether oxygens (including phenoxy) is 1. The number of para-hydroxylation sites is 2. The SMILES string of the molecule is CCOC(=O)c1ccccc1N/C=C(\C#N)c1nc2ccccc2s1. The summed E-state index contributed by atoms with van der Waals surface area (Å²) in [6.45, 7) is 2.06. The lowest BCUT2D eigenvalue weighted by atomic mass is 10.2. The zero-order valence-corrected chi connectivity index (χ0v) is 14.3. The average Bonchev–Trinajstić information content (AvgIpc) is 3.06. The molecule has 5 nitrogen and oxygen atoms in total. The van der Waals surface area contributed by atoms with Crippen LogP contribution in [0.4, 0.5) is 5.69 Å². The fraction of sp³-hybridized carbons (Fsp3) is 0.105. The number of anilines is 1. The number of nitrogens with zero attached hydrogens (tertiary/aromatic N) is 2. The molecule has 3 aromatic rings. The quantitative estimate of drug-likeness (QED) is 0.544. The number of hydrogen-bond acceptors (Lipinski definition) is 6. The van der Waals surface area contributed by atoms with Crippen LogP contribution in [0.3, 0.4) is 0 Å². The van der Waals surface area contributed by atoms with Gasteiger partial charge >= 0.3 is 5.97 Å². The zero-order chi connectivity index (χ0) is 17.6. The molecule has 0 amide bonds. The number of carbonyl (C=O) groups excluding carboxylic acids is 1. The summed E-state index contributed by atoms with van der Waals surface area (Å²) in [4.78, 5) is 16.5. The summed E-state index contributed by atoms with van der Waals surface area (Å²) in [7, 11) is 0. The van der Waals surface area contributed by atoms with E-state index in [1.807, 2.05) is 30.3 Å². The lowest BCUT2D eigenvalue weighted by Crippen LogP contribution is -2.07. The first-order valence-corrected chi connectivity index (χ1v) is 8.53. The highest BCUT2D eigenvalue weighted by molar-refractivity contribution is 7.19. The Labute approximate surface area is 149 Å². The number of carbonyl (C=O) groups is 1. The van der Waals surface area contributed by atoms with Gasteiger partial charge in [-0.2, -0.15) is 5.26 Å². The van der Waals surface area contributed by atoms with Crippen molar-refractivity contribution in [3.05, 3.63) is 65.3 Å². The van der Waals surface area contributed by atoms with Crippen molar-refractivity contribution in [2.45, 2.75) is 6.92 Å². The van der Waals surface area contributed by atoms with E-state index in [-0.39, 0.29) is 0 Å². The summed E-state index contributed by atoms with van der Waals surface area (Å²) in [5.74, 6) is -0.405. The van der Waals surface area contributed by atoms with Crippen molar-refractivity contribution < 1.29 is 9.53 Å². The Bertz CT molecular complexity index is 952. The van der Waals surface area contributed by atoms with Crippen LogP contribution in [0.15, 0.2) is 54.7 Å². The van der Waals surface area contributed by atoms with E-state index in [4.69, 9.17) is 4.74 Å². The highest BCUT2D eigenvalue weighted by atomic mass is 32.1. The minimum Gasteiger partial charge on any atom is -0.462 e. The van der Waals surface area contributed by atoms with Crippen LogP contribution in [0.25, 0.3) is 15.8 Å². The van der Waals surface area contributed by atoms with Gasteiger partial charge in [0.15, 0.2) is 0 Å². The molecule has 0 aliphatic rings. The van der Waals surface area contributed by atoms with Crippen molar-refractivity contribution in [3.8, 4) is 6.07 Å². The van der Waals surface area contributed by atoms with Gasteiger partial charge in [-0.25, -0.2) is 9.78 Å². The number of rotatable bonds is 5. The van der Waals surface area contributed by atoms with Crippen molar-refractivity contribution in [1.29, 1.82) is 5.26 Å². The van der Waals surface area contributed by atoms with Gasteiger partial charge in [-0.15, -0.1) is 11.3 Å². The molecule has 0 bridgehead atoms. The Hall–Kier alpha value is -3.17. The summed E-state index contributed by atoms with van der Waals surface area (Å²) >= 11 is 1.45. The first kappa shape index (κ1) is 16.7. The standard InChI is InChI=1S/C19H15N3O2S/c1-2-24-19(23)14-7-3-4-8-15(14)21-12-13(11-20)18-22-16-9-5-6-10-17(16)25-18/h3-10,12,21H,2H2,1H3/b13-12+. The molecule has 25 heavy (non-hydrogen) atoms. The number of allylic oxidation sites excluding steroid dienone is 1. The molecule has 1 heterocycles. The smallest absolute Gasteiger partial charge is 0.340 e. The van der Waals surface area contributed by atoms with Gasteiger partial charge < -0.3 is 10.1 Å². The van der Waals surface area contributed by atoms with Gasteiger partial charge in [0, 0.05) is 6.20 Å². The van der Waals surface area contributed by atoms with E-state index in [1.54, 1.807) is 31.3 Å². The largest absolute Gasteiger partial charge is 0.462 e.